The molecule has 6 N–H and O–H groups in total. The zero-order chi connectivity index (χ0) is 81.0. The van der Waals surface area contributed by atoms with Crippen LogP contribution >= 0.6 is 0 Å². The van der Waals surface area contributed by atoms with E-state index in [0.717, 1.165) is 21.1 Å². The second-order valence-electron chi connectivity index (χ2n) is 31.8. The van der Waals surface area contributed by atoms with Crippen LogP contribution in [0.4, 0.5) is 0 Å². The molecule has 0 aromatic heterocycles. The van der Waals surface area contributed by atoms with E-state index in [1.54, 1.807) is 114 Å². The summed E-state index contributed by atoms with van der Waals surface area (Å²) in [5, 5.41) is 25.2. The molecular formula is C79H127N13O15. The number of carbonyl (C=O) groups is 13. The highest BCUT2D eigenvalue weighted by molar-refractivity contribution is 6.01. The van der Waals surface area contributed by atoms with Crippen LogP contribution in [-0.2, 0) is 79.9 Å². The van der Waals surface area contributed by atoms with Gasteiger partial charge in [0, 0.05) is 75.3 Å². The van der Waals surface area contributed by atoms with Crippen molar-refractivity contribution in [2.75, 3.05) is 62.4 Å². The second kappa shape index (κ2) is 41.2. The van der Waals surface area contributed by atoms with E-state index in [4.69, 9.17) is 4.74 Å². The number of piperidine rings is 1. The summed E-state index contributed by atoms with van der Waals surface area (Å²) in [5.74, 6) is -11.1. The van der Waals surface area contributed by atoms with Gasteiger partial charge in [-0.3, -0.25) is 62.3 Å². The lowest BCUT2D eigenvalue weighted by Gasteiger charge is -2.40. The molecule has 0 bridgehead atoms. The lowest BCUT2D eigenvalue weighted by Crippen LogP contribution is -2.63. The van der Waals surface area contributed by atoms with Gasteiger partial charge in [0.1, 0.15) is 72.5 Å². The van der Waals surface area contributed by atoms with E-state index in [0.29, 0.717) is 43.5 Å². The van der Waals surface area contributed by atoms with E-state index in [1.165, 1.54) is 96.6 Å². The molecule has 2 heterocycles. The number of rotatable bonds is 16. The third kappa shape index (κ3) is 25.5. The molecule has 2 aromatic carbocycles. The lowest BCUT2D eigenvalue weighted by atomic mass is 9.94. The van der Waals surface area contributed by atoms with Crippen molar-refractivity contribution in [2.45, 2.75) is 265 Å². The van der Waals surface area contributed by atoms with Gasteiger partial charge in [0.25, 0.3) is 0 Å². The van der Waals surface area contributed by atoms with Crippen molar-refractivity contribution in [3.05, 3.63) is 71.8 Å². The number of ether oxygens (including phenoxy) is 1. The maximum Gasteiger partial charge on any atom is 0.248 e. The molecule has 0 radical (unpaired) electrons. The number of aliphatic hydroxyl groups excluding tert-OH is 1. The number of benzene rings is 2. The third-order valence-corrected chi connectivity index (χ3v) is 20.6. The minimum atomic E-state index is -1.74. The van der Waals surface area contributed by atoms with Crippen molar-refractivity contribution in [1.82, 2.24) is 65.8 Å². The molecule has 2 unspecified atom stereocenters. The third-order valence-electron chi connectivity index (χ3n) is 20.6. The van der Waals surface area contributed by atoms with Crippen molar-refractivity contribution < 1.29 is 72.2 Å². The Balaban J connectivity index is 1.99. The largest absolute Gasteiger partial charge is 0.391 e. The molecule has 28 heteroatoms. The van der Waals surface area contributed by atoms with Crippen LogP contribution in [-0.4, -0.2) is 274 Å². The summed E-state index contributed by atoms with van der Waals surface area (Å²) in [7, 11) is 9.73. The van der Waals surface area contributed by atoms with Gasteiger partial charge in [-0.1, -0.05) is 122 Å². The molecule has 598 valence electrons. The monoisotopic (exact) mass is 1500 g/mol. The Hall–Kier alpha value is -8.53. The average Bonchev–Trinajstić information content (AvgIpc) is 0.782. The van der Waals surface area contributed by atoms with Gasteiger partial charge in [0.15, 0.2) is 0 Å². The van der Waals surface area contributed by atoms with Crippen molar-refractivity contribution in [3.63, 3.8) is 0 Å². The number of likely N-dealkylation sites (tertiary alicyclic amines) is 1. The fraction of sp³-hybridized carbons (Fsp3) is 0.684. The fourth-order valence-electron chi connectivity index (χ4n) is 13.7. The predicted octanol–water partition coefficient (Wildman–Crippen LogP) is 3.93. The Kier molecular flexibility index (Phi) is 34.9. The van der Waals surface area contributed by atoms with Gasteiger partial charge in [0.2, 0.25) is 76.8 Å². The molecule has 0 saturated carbocycles. The number of amides is 13. The van der Waals surface area contributed by atoms with Crippen LogP contribution in [0.15, 0.2) is 60.7 Å². The minimum absolute atomic E-state index is 0.0245. The first-order valence-corrected chi connectivity index (χ1v) is 38.0. The van der Waals surface area contributed by atoms with Crippen molar-refractivity contribution in [1.29, 1.82) is 0 Å². The van der Waals surface area contributed by atoms with Crippen LogP contribution < -0.4 is 26.6 Å². The highest BCUT2D eigenvalue weighted by Gasteiger charge is 2.46. The molecule has 0 aliphatic carbocycles. The maximum atomic E-state index is 15.5. The van der Waals surface area contributed by atoms with E-state index in [9.17, 15) is 43.5 Å². The van der Waals surface area contributed by atoms with Crippen LogP contribution in [0, 0.1) is 23.7 Å². The van der Waals surface area contributed by atoms with E-state index in [-0.39, 0.29) is 49.9 Å². The van der Waals surface area contributed by atoms with Crippen LogP contribution in [0.2, 0.25) is 0 Å². The lowest BCUT2D eigenvalue weighted by molar-refractivity contribution is -0.155. The quantitative estimate of drug-likeness (QED) is 0.139. The smallest absolute Gasteiger partial charge is 0.248 e. The van der Waals surface area contributed by atoms with Gasteiger partial charge in [-0.2, -0.15) is 0 Å². The molecule has 2 aliphatic rings. The first-order chi connectivity index (χ1) is 49.9. The van der Waals surface area contributed by atoms with Gasteiger partial charge in [-0.15, -0.1) is 0 Å². The number of carbonyl (C=O) groups excluding carboxylic acids is 13. The van der Waals surface area contributed by atoms with Gasteiger partial charge >= 0.3 is 0 Å². The molecule has 4 rings (SSSR count). The minimum Gasteiger partial charge on any atom is -0.391 e. The van der Waals surface area contributed by atoms with Gasteiger partial charge in [-0.25, -0.2) is 0 Å². The first-order valence-electron chi connectivity index (χ1n) is 38.0. The van der Waals surface area contributed by atoms with E-state index < -0.39 is 179 Å². The highest BCUT2D eigenvalue weighted by atomic mass is 16.5. The molecule has 13 amide bonds. The van der Waals surface area contributed by atoms with E-state index in [2.05, 4.69) is 26.6 Å². The second-order valence-corrected chi connectivity index (χ2v) is 31.8. The first kappa shape index (κ1) is 90.9. The van der Waals surface area contributed by atoms with E-state index >= 15 is 24.0 Å². The molecule has 2 fully saturated rings. The topological polar surface area (TPSA) is 337 Å². The molecular weight excluding hydrogens is 1370 g/mol. The normalized spacial score (nSPS) is 26.6. The maximum absolute atomic E-state index is 15.5. The number of aliphatic hydroxyl groups is 1. The Morgan fingerprint density at radius 1 is 0.477 bits per heavy atom. The molecule has 2 saturated heterocycles. The van der Waals surface area contributed by atoms with Crippen LogP contribution in [0.1, 0.15) is 173 Å². The summed E-state index contributed by atoms with van der Waals surface area (Å²) >= 11 is 0. The standard InChI is InChI=1S/C79H127N13O15/c1-24-49(8)66-78(106)86(18)51(10)67(95)84-65(54(13)107-79(14,15)16)77(105)90(22)62(42-48(6)7)76(104)89(21)59(40-46(2)3)69(97)81-58(75(103)92-38-32-27-33-39-92)45-63(94)85(17)52(11)73(101)88(20)61(44-56-36-30-26-31-37-56)68(96)80-50(9)72(100)87(19)60(41-47(4)5)70(98)83-64(53(12)93)71(99)82-57(74(102)91(66)23)43-55-34-28-25-29-35-55/h25-26,28-31,34-37,46-54,57-62,64-66,93H,24,27,32-33,38-45H2,1-23H3,(H,80,96)(H,81,97)(H,82,99)(H,83,98)(H,84,95)/t49-,50-,51-,52+,53+,54?,57-,58-,59-,60-,61?,62-,64-,65-,66-/m0/s1. The van der Waals surface area contributed by atoms with Crippen molar-refractivity contribution >= 4 is 76.8 Å². The van der Waals surface area contributed by atoms with Crippen LogP contribution in [0.3, 0.4) is 0 Å². The zero-order valence-corrected chi connectivity index (χ0v) is 67.9. The van der Waals surface area contributed by atoms with Crippen molar-refractivity contribution in [3.8, 4) is 0 Å². The molecule has 2 aliphatic heterocycles. The number of hydrogen-bond acceptors (Lipinski definition) is 15. The van der Waals surface area contributed by atoms with Gasteiger partial charge in [-0.05, 0) is 129 Å². The summed E-state index contributed by atoms with van der Waals surface area (Å²) < 4.78 is 6.38. The summed E-state index contributed by atoms with van der Waals surface area (Å²) in [4.78, 5) is 205. The van der Waals surface area contributed by atoms with Crippen molar-refractivity contribution in [2.24, 2.45) is 23.7 Å². The molecule has 107 heavy (non-hydrogen) atoms. The average molecular weight is 1500 g/mol. The Bertz CT molecular complexity index is 3360. The summed E-state index contributed by atoms with van der Waals surface area (Å²) in [5.41, 5.74) is 0.331. The highest BCUT2D eigenvalue weighted by Crippen LogP contribution is 2.26. The van der Waals surface area contributed by atoms with Crippen LogP contribution in [0.25, 0.3) is 0 Å². The van der Waals surface area contributed by atoms with Gasteiger partial charge < -0.3 is 75.6 Å². The molecule has 15 atom stereocenters. The van der Waals surface area contributed by atoms with Crippen LogP contribution in [0.5, 0.6) is 0 Å². The fourth-order valence-corrected chi connectivity index (χ4v) is 13.7. The number of nitrogens with zero attached hydrogens (tertiary/aromatic N) is 8. The Morgan fingerprint density at radius 2 is 0.935 bits per heavy atom. The zero-order valence-electron chi connectivity index (χ0n) is 67.9. The molecule has 28 nitrogen and oxygen atoms in total. The SMILES string of the molecule is CC[C@H](C)[C@H]1C(=O)N(C)[C@@H](C)C(=O)N[C@@H](C(C)OC(C)(C)C)C(=O)N(C)[C@@H](CC(C)C)C(=O)N(C)[C@@H](CC(C)C)C(=O)N[C@H](C(=O)N2CCCCC2)CC(=O)N(C)[C@H](C)C(=O)N(C)C(Cc2ccccc2)C(=O)N[C@@H](C)C(=O)N(C)[C@@H](CC(C)C)C(=O)N[C@@H]([C@@H](C)O)C(=O)N[C@@H](Cc2ccccc2)C(=O)N1C. The number of likely N-dealkylation sites (N-methyl/N-ethyl adjacent to an activating group) is 7. The molecule has 2 aromatic rings. The van der Waals surface area contributed by atoms with Gasteiger partial charge in [0.05, 0.1) is 24.2 Å². The Labute approximate surface area is 635 Å². The number of nitrogens with one attached hydrogen (secondary N) is 5. The summed E-state index contributed by atoms with van der Waals surface area (Å²) in [6.07, 6.45) is -0.844. The summed E-state index contributed by atoms with van der Waals surface area (Å²) in [6.45, 7) is 27.7. The summed E-state index contributed by atoms with van der Waals surface area (Å²) in [6, 6.07) is 0.797. The van der Waals surface area contributed by atoms with E-state index in [1.807, 2.05) is 34.6 Å². The number of hydrogen-bond donors (Lipinski definition) is 6. The Morgan fingerprint density at radius 3 is 1.43 bits per heavy atom. The molecule has 0 spiro atoms. The predicted molar refractivity (Wildman–Crippen MR) is 408 cm³/mol.